The average molecular weight is 374 g/mol. The standard InChI is InChI=1S/C19H30N6O2/c1-3-23-13-15(12-17(23)26)19(27)24-9-6-16-20-21-18(25(16)11-10-24)14-4-7-22(2)8-5-14/h14-15H,3-13H2,1-2H3. The second-order valence-electron chi connectivity index (χ2n) is 8.11. The maximum Gasteiger partial charge on any atom is 0.228 e. The number of hydrogen-bond donors (Lipinski definition) is 0. The Bertz CT molecular complexity index is 709. The molecule has 0 aliphatic carbocycles. The molecule has 0 aromatic carbocycles. The van der Waals surface area contributed by atoms with Crippen molar-refractivity contribution in [2.75, 3.05) is 46.3 Å². The molecule has 4 heterocycles. The van der Waals surface area contributed by atoms with E-state index in [9.17, 15) is 9.59 Å². The number of fused-ring (bicyclic) bond motifs is 1. The molecule has 2 fully saturated rings. The lowest BCUT2D eigenvalue weighted by atomic mass is 9.96. The molecule has 0 bridgehead atoms. The summed E-state index contributed by atoms with van der Waals surface area (Å²) < 4.78 is 2.25. The second-order valence-corrected chi connectivity index (χ2v) is 8.11. The van der Waals surface area contributed by atoms with Crippen LogP contribution in [-0.2, 0) is 22.6 Å². The molecule has 3 aliphatic rings. The number of nitrogens with zero attached hydrogens (tertiary/aromatic N) is 6. The molecule has 148 valence electrons. The number of likely N-dealkylation sites (tertiary alicyclic amines) is 2. The van der Waals surface area contributed by atoms with Crippen LogP contribution in [0.1, 0.15) is 43.8 Å². The second kappa shape index (κ2) is 7.58. The number of carbonyl (C=O) groups is 2. The number of amides is 2. The first kappa shape index (κ1) is 18.4. The molecule has 3 aliphatic heterocycles. The fourth-order valence-electron chi connectivity index (χ4n) is 4.64. The van der Waals surface area contributed by atoms with Crippen LogP contribution in [-0.4, -0.2) is 87.6 Å². The van der Waals surface area contributed by atoms with Gasteiger partial charge in [-0.1, -0.05) is 0 Å². The van der Waals surface area contributed by atoms with Crippen LogP contribution in [0.25, 0.3) is 0 Å². The van der Waals surface area contributed by atoms with Gasteiger partial charge in [0.1, 0.15) is 11.6 Å². The van der Waals surface area contributed by atoms with Crippen LogP contribution >= 0.6 is 0 Å². The molecule has 2 amide bonds. The van der Waals surface area contributed by atoms with Crippen LogP contribution in [0.2, 0.25) is 0 Å². The van der Waals surface area contributed by atoms with Crippen molar-refractivity contribution in [3.05, 3.63) is 11.6 Å². The highest BCUT2D eigenvalue weighted by atomic mass is 16.2. The number of hydrogen-bond acceptors (Lipinski definition) is 5. The van der Waals surface area contributed by atoms with Gasteiger partial charge < -0.3 is 19.3 Å². The highest BCUT2D eigenvalue weighted by Gasteiger charge is 2.36. The van der Waals surface area contributed by atoms with E-state index < -0.39 is 0 Å². The Morgan fingerprint density at radius 2 is 1.89 bits per heavy atom. The summed E-state index contributed by atoms with van der Waals surface area (Å²) in [5.41, 5.74) is 0. The Balaban J connectivity index is 1.42. The molecule has 2 saturated heterocycles. The van der Waals surface area contributed by atoms with Crippen molar-refractivity contribution in [2.45, 2.75) is 45.1 Å². The minimum Gasteiger partial charge on any atom is -0.342 e. The van der Waals surface area contributed by atoms with Gasteiger partial charge in [-0.2, -0.15) is 0 Å². The lowest BCUT2D eigenvalue weighted by molar-refractivity contribution is -0.135. The van der Waals surface area contributed by atoms with Gasteiger partial charge in [0.25, 0.3) is 0 Å². The molecular formula is C19H30N6O2. The van der Waals surface area contributed by atoms with Crippen molar-refractivity contribution in [3.8, 4) is 0 Å². The van der Waals surface area contributed by atoms with Crippen LogP contribution < -0.4 is 0 Å². The number of rotatable bonds is 3. The van der Waals surface area contributed by atoms with Gasteiger partial charge in [0, 0.05) is 51.5 Å². The number of carbonyl (C=O) groups excluding carboxylic acids is 2. The fourth-order valence-corrected chi connectivity index (χ4v) is 4.64. The minimum atomic E-state index is -0.186. The monoisotopic (exact) mass is 374 g/mol. The van der Waals surface area contributed by atoms with Gasteiger partial charge in [-0.15, -0.1) is 10.2 Å². The summed E-state index contributed by atoms with van der Waals surface area (Å²) in [6.45, 7) is 7.52. The first-order valence-corrected chi connectivity index (χ1v) is 10.2. The molecule has 1 aromatic heterocycles. The molecule has 8 nitrogen and oxygen atoms in total. The molecule has 0 saturated carbocycles. The van der Waals surface area contributed by atoms with Gasteiger partial charge in [-0.25, -0.2) is 0 Å². The Morgan fingerprint density at radius 1 is 1.11 bits per heavy atom. The summed E-state index contributed by atoms with van der Waals surface area (Å²) >= 11 is 0. The molecule has 27 heavy (non-hydrogen) atoms. The summed E-state index contributed by atoms with van der Waals surface area (Å²) in [6.07, 6.45) is 3.34. The Labute approximate surface area is 160 Å². The molecule has 0 spiro atoms. The molecular weight excluding hydrogens is 344 g/mol. The zero-order chi connectivity index (χ0) is 19.0. The van der Waals surface area contributed by atoms with Gasteiger partial charge in [0.15, 0.2) is 0 Å². The predicted octanol–water partition coefficient (Wildman–Crippen LogP) is 0.340. The van der Waals surface area contributed by atoms with Crippen molar-refractivity contribution in [1.29, 1.82) is 0 Å². The molecule has 4 rings (SSSR count). The van der Waals surface area contributed by atoms with Crippen molar-refractivity contribution < 1.29 is 9.59 Å². The Morgan fingerprint density at radius 3 is 2.59 bits per heavy atom. The van der Waals surface area contributed by atoms with E-state index >= 15 is 0 Å². The SMILES string of the molecule is CCN1CC(C(=O)N2CCc3nnc(C4CCN(C)CC4)n3CC2)CC1=O. The smallest absolute Gasteiger partial charge is 0.228 e. The van der Waals surface area contributed by atoms with Crippen molar-refractivity contribution in [1.82, 2.24) is 29.5 Å². The van der Waals surface area contributed by atoms with Crippen LogP contribution in [0.3, 0.4) is 0 Å². The summed E-state index contributed by atoms with van der Waals surface area (Å²) in [6, 6.07) is 0. The normalized spacial score (nSPS) is 25.0. The first-order valence-electron chi connectivity index (χ1n) is 10.2. The molecule has 0 radical (unpaired) electrons. The van der Waals surface area contributed by atoms with Crippen LogP contribution in [0.5, 0.6) is 0 Å². The predicted molar refractivity (Wildman–Crippen MR) is 100 cm³/mol. The van der Waals surface area contributed by atoms with Gasteiger partial charge in [-0.3, -0.25) is 9.59 Å². The van der Waals surface area contributed by atoms with E-state index in [1.54, 1.807) is 4.90 Å². The molecule has 8 heteroatoms. The Hall–Kier alpha value is -1.96. The van der Waals surface area contributed by atoms with Gasteiger partial charge >= 0.3 is 0 Å². The van der Waals surface area contributed by atoms with Crippen molar-refractivity contribution >= 4 is 11.8 Å². The maximum absolute atomic E-state index is 13.0. The lowest BCUT2D eigenvalue weighted by Crippen LogP contribution is -2.39. The third-order valence-corrected chi connectivity index (χ3v) is 6.40. The zero-order valence-corrected chi connectivity index (χ0v) is 16.4. The average Bonchev–Trinajstić information content (AvgIpc) is 3.18. The lowest BCUT2D eigenvalue weighted by Gasteiger charge is -2.28. The molecule has 1 unspecified atom stereocenters. The van der Waals surface area contributed by atoms with Crippen LogP contribution in [0, 0.1) is 5.92 Å². The van der Waals surface area contributed by atoms with E-state index in [-0.39, 0.29) is 17.7 Å². The van der Waals surface area contributed by atoms with Gasteiger partial charge in [-0.05, 0) is 39.9 Å². The van der Waals surface area contributed by atoms with Crippen molar-refractivity contribution in [2.24, 2.45) is 5.92 Å². The number of piperidine rings is 1. The third kappa shape index (κ3) is 3.59. The van der Waals surface area contributed by atoms with Crippen LogP contribution in [0.4, 0.5) is 0 Å². The fraction of sp³-hybridized carbons (Fsp3) is 0.789. The molecule has 1 atom stereocenters. The maximum atomic E-state index is 13.0. The van der Waals surface area contributed by atoms with E-state index in [4.69, 9.17) is 0 Å². The van der Waals surface area contributed by atoms with E-state index in [1.807, 2.05) is 11.8 Å². The highest BCUT2D eigenvalue weighted by molar-refractivity contribution is 5.89. The van der Waals surface area contributed by atoms with E-state index in [1.165, 1.54) is 0 Å². The summed E-state index contributed by atoms with van der Waals surface area (Å²) in [5, 5.41) is 8.94. The molecule has 1 aromatic rings. The minimum absolute atomic E-state index is 0.104. The Kier molecular flexibility index (Phi) is 5.16. The quantitative estimate of drug-likeness (QED) is 0.763. The summed E-state index contributed by atoms with van der Waals surface area (Å²) in [7, 11) is 2.16. The number of aromatic nitrogens is 3. The first-order chi connectivity index (χ1) is 13.1. The summed E-state index contributed by atoms with van der Waals surface area (Å²) in [4.78, 5) is 31.0. The van der Waals surface area contributed by atoms with E-state index in [0.717, 1.165) is 50.5 Å². The zero-order valence-electron chi connectivity index (χ0n) is 16.4. The van der Waals surface area contributed by atoms with Crippen LogP contribution in [0.15, 0.2) is 0 Å². The highest BCUT2D eigenvalue weighted by Crippen LogP contribution is 2.28. The van der Waals surface area contributed by atoms with Gasteiger partial charge in [0.05, 0.1) is 5.92 Å². The third-order valence-electron chi connectivity index (χ3n) is 6.40. The topological polar surface area (TPSA) is 74.6 Å². The molecule has 0 N–H and O–H groups in total. The van der Waals surface area contributed by atoms with Crippen molar-refractivity contribution in [3.63, 3.8) is 0 Å². The van der Waals surface area contributed by atoms with Gasteiger partial charge in [0.2, 0.25) is 11.8 Å². The summed E-state index contributed by atoms with van der Waals surface area (Å²) in [5.74, 6) is 2.60. The van der Waals surface area contributed by atoms with E-state index in [2.05, 4.69) is 26.7 Å². The largest absolute Gasteiger partial charge is 0.342 e. The van der Waals surface area contributed by atoms with E-state index in [0.29, 0.717) is 38.5 Å².